The smallest absolute Gasteiger partial charge is 0.355 e. The predicted octanol–water partition coefficient (Wildman–Crippen LogP) is 3.97. The minimum Gasteiger partial charge on any atom is -0.497 e. The second kappa shape index (κ2) is 10.5. The third-order valence-electron chi connectivity index (χ3n) is 3.93. The SMILES string of the molecule is COc1ccc(Nc2ncnc(NNC(=O)COc3ccc(Cl)cc3Cl)c2[N+](=O)[O-])cc1. The Labute approximate surface area is 191 Å². The number of amides is 1. The van der Waals surface area contributed by atoms with Crippen molar-refractivity contribution in [3.05, 3.63) is 69.0 Å². The van der Waals surface area contributed by atoms with E-state index in [2.05, 4.69) is 26.1 Å². The Bertz CT molecular complexity index is 1130. The molecule has 1 amide bonds. The van der Waals surface area contributed by atoms with E-state index in [1.54, 1.807) is 30.3 Å². The van der Waals surface area contributed by atoms with Crippen molar-refractivity contribution in [1.29, 1.82) is 0 Å². The Hall–Kier alpha value is -3.83. The number of aromatic nitrogens is 2. The van der Waals surface area contributed by atoms with E-state index in [-0.39, 0.29) is 22.4 Å². The number of nitro groups is 1. The molecule has 1 aromatic heterocycles. The molecular formula is C19H16Cl2N6O5. The number of nitrogens with one attached hydrogen (secondary N) is 3. The fourth-order valence-electron chi connectivity index (χ4n) is 2.45. The van der Waals surface area contributed by atoms with Gasteiger partial charge in [-0.05, 0) is 42.5 Å². The van der Waals surface area contributed by atoms with Gasteiger partial charge in [0, 0.05) is 10.7 Å². The fraction of sp³-hybridized carbons (Fsp3) is 0.105. The van der Waals surface area contributed by atoms with Gasteiger partial charge in [-0.2, -0.15) is 0 Å². The van der Waals surface area contributed by atoms with E-state index in [4.69, 9.17) is 32.7 Å². The summed E-state index contributed by atoms with van der Waals surface area (Å²) in [7, 11) is 1.53. The van der Waals surface area contributed by atoms with Crippen molar-refractivity contribution in [1.82, 2.24) is 15.4 Å². The molecule has 1 heterocycles. The van der Waals surface area contributed by atoms with Gasteiger partial charge >= 0.3 is 5.69 Å². The fourth-order valence-corrected chi connectivity index (χ4v) is 2.91. The molecule has 0 unspecified atom stereocenters. The van der Waals surface area contributed by atoms with Gasteiger partial charge < -0.3 is 14.8 Å². The van der Waals surface area contributed by atoms with Crippen LogP contribution in [0.1, 0.15) is 0 Å². The van der Waals surface area contributed by atoms with E-state index in [1.165, 1.54) is 19.2 Å². The summed E-state index contributed by atoms with van der Waals surface area (Å²) in [5.41, 5.74) is 4.76. The summed E-state index contributed by atoms with van der Waals surface area (Å²) >= 11 is 11.8. The zero-order valence-corrected chi connectivity index (χ0v) is 18.0. The lowest BCUT2D eigenvalue weighted by molar-refractivity contribution is -0.383. The molecule has 0 fully saturated rings. The Kier molecular flexibility index (Phi) is 7.47. The number of benzene rings is 2. The van der Waals surface area contributed by atoms with Crippen molar-refractivity contribution < 1.29 is 19.2 Å². The quantitative estimate of drug-likeness (QED) is 0.307. The van der Waals surface area contributed by atoms with Gasteiger partial charge in [-0.3, -0.25) is 25.8 Å². The number of anilines is 3. The summed E-state index contributed by atoms with van der Waals surface area (Å²) < 4.78 is 10.4. The summed E-state index contributed by atoms with van der Waals surface area (Å²) in [4.78, 5) is 30.8. The number of carbonyl (C=O) groups excluding carboxylic acids is 1. The summed E-state index contributed by atoms with van der Waals surface area (Å²) in [6, 6.07) is 11.2. The Morgan fingerprint density at radius 1 is 1.12 bits per heavy atom. The summed E-state index contributed by atoms with van der Waals surface area (Å²) in [5, 5.41) is 15.1. The number of carbonyl (C=O) groups is 1. The number of hydrazine groups is 1. The normalized spacial score (nSPS) is 10.2. The van der Waals surface area contributed by atoms with Crippen LogP contribution in [0.4, 0.5) is 23.0 Å². The minimum absolute atomic E-state index is 0.0730. The van der Waals surface area contributed by atoms with Gasteiger partial charge in [-0.1, -0.05) is 23.2 Å². The molecule has 0 aliphatic heterocycles. The molecule has 0 aliphatic rings. The van der Waals surface area contributed by atoms with Gasteiger partial charge in [0.05, 0.1) is 17.1 Å². The van der Waals surface area contributed by atoms with Gasteiger partial charge in [0.15, 0.2) is 6.61 Å². The van der Waals surface area contributed by atoms with Crippen LogP contribution < -0.4 is 25.6 Å². The first-order valence-electron chi connectivity index (χ1n) is 8.90. The van der Waals surface area contributed by atoms with Crippen LogP contribution in [0.5, 0.6) is 11.5 Å². The summed E-state index contributed by atoms with van der Waals surface area (Å²) in [6.45, 7) is -0.413. The third-order valence-corrected chi connectivity index (χ3v) is 4.46. The Balaban J connectivity index is 1.67. The highest BCUT2D eigenvalue weighted by atomic mass is 35.5. The Morgan fingerprint density at radius 2 is 1.84 bits per heavy atom. The lowest BCUT2D eigenvalue weighted by atomic mass is 10.3. The van der Waals surface area contributed by atoms with Gasteiger partial charge in [0.2, 0.25) is 11.6 Å². The molecule has 11 nitrogen and oxygen atoms in total. The van der Waals surface area contributed by atoms with E-state index in [9.17, 15) is 14.9 Å². The van der Waals surface area contributed by atoms with Crippen LogP contribution in [0, 0.1) is 10.1 Å². The average molecular weight is 479 g/mol. The molecule has 166 valence electrons. The van der Waals surface area contributed by atoms with Gasteiger partial charge in [-0.15, -0.1) is 0 Å². The van der Waals surface area contributed by atoms with Crippen molar-refractivity contribution in [2.24, 2.45) is 0 Å². The largest absolute Gasteiger partial charge is 0.497 e. The first-order valence-corrected chi connectivity index (χ1v) is 9.66. The molecule has 0 radical (unpaired) electrons. The minimum atomic E-state index is -0.676. The first-order chi connectivity index (χ1) is 15.4. The van der Waals surface area contributed by atoms with Crippen molar-refractivity contribution in [2.45, 2.75) is 0 Å². The summed E-state index contributed by atoms with van der Waals surface area (Å²) in [5.74, 6) is -0.0475. The number of rotatable bonds is 9. The molecule has 0 saturated carbocycles. The monoisotopic (exact) mass is 478 g/mol. The zero-order chi connectivity index (χ0) is 23.1. The second-order valence-electron chi connectivity index (χ2n) is 6.07. The van der Waals surface area contributed by atoms with Crippen LogP contribution in [-0.4, -0.2) is 34.5 Å². The van der Waals surface area contributed by atoms with Crippen LogP contribution in [-0.2, 0) is 4.79 Å². The number of hydrogen-bond donors (Lipinski definition) is 3. The standard InChI is InChI=1S/C19H16Cl2N6O5/c1-31-13-5-3-12(4-6-13)24-18-17(27(29)30)19(23-10-22-18)26-25-16(28)9-32-15-7-2-11(20)8-14(15)21/h2-8,10H,9H2,1H3,(H,25,28)(H2,22,23,24,26). The highest BCUT2D eigenvalue weighted by Crippen LogP contribution is 2.31. The second-order valence-corrected chi connectivity index (χ2v) is 6.91. The van der Waals surface area contributed by atoms with E-state index in [0.29, 0.717) is 16.5 Å². The van der Waals surface area contributed by atoms with Crippen LogP contribution in [0.25, 0.3) is 0 Å². The number of hydrogen-bond acceptors (Lipinski definition) is 9. The number of methoxy groups -OCH3 is 1. The van der Waals surface area contributed by atoms with Crippen LogP contribution in [0.15, 0.2) is 48.8 Å². The lowest BCUT2D eigenvalue weighted by Gasteiger charge is -2.12. The first kappa shape index (κ1) is 22.8. The maximum Gasteiger partial charge on any atom is 0.355 e. The van der Waals surface area contributed by atoms with E-state index >= 15 is 0 Å². The molecule has 3 N–H and O–H groups in total. The number of halogens is 2. The molecule has 32 heavy (non-hydrogen) atoms. The van der Waals surface area contributed by atoms with Gasteiger partial charge in [-0.25, -0.2) is 9.97 Å². The lowest BCUT2D eigenvalue weighted by Crippen LogP contribution is -2.34. The van der Waals surface area contributed by atoms with E-state index in [1.807, 2.05) is 0 Å². The van der Waals surface area contributed by atoms with Crippen molar-refractivity contribution in [3.63, 3.8) is 0 Å². The molecule has 0 spiro atoms. The molecule has 0 atom stereocenters. The Morgan fingerprint density at radius 3 is 2.50 bits per heavy atom. The maximum absolute atomic E-state index is 12.1. The molecule has 0 bridgehead atoms. The third kappa shape index (κ3) is 5.86. The maximum atomic E-state index is 12.1. The van der Waals surface area contributed by atoms with Gasteiger partial charge in [0.25, 0.3) is 5.91 Å². The van der Waals surface area contributed by atoms with E-state index in [0.717, 1.165) is 6.33 Å². The topological polar surface area (TPSA) is 141 Å². The number of ether oxygens (including phenoxy) is 2. The molecule has 13 heteroatoms. The van der Waals surface area contributed by atoms with E-state index < -0.39 is 23.1 Å². The van der Waals surface area contributed by atoms with Crippen LogP contribution in [0.2, 0.25) is 10.0 Å². The van der Waals surface area contributed by atoms with Crippen LogP contribution >= 0.6 is 23.2 Å². The molecule has 3 aromatic rings. The molecular weight excluding hydrogens is 463 g/mol. The molecule has 3 rings (SSSR count). The number of nitrogens with zero attached hydrogens (tertiary/aromatic N) is 3. The average Bonchev–Trinajstić information content (AvgIpc) is 2.77. The summed E-state index contributed by atoms with van der Waals surface area (Å²) in [6.07, 6.45) is 1.11. The molecule has 0 saturated heterocycles. The van der Waals surface area contributed by atoms with Crippen molar-refractivity contribution in [3.8, 4) is 11.5 Å². The highest BCUT2D eigenvalue weighted by molar-refractivity contribution is 6.35. The zero-order valence-electron chi connectivity index (χ0n) is 16.5. The van der Waals surface area contributed by atoms with Crippen LogP contribution in [0.3, 0.4) is 0 Å². The van der Waals surface area contributed by atoms with Gasteiger partial charge in [0.1, 0.15) is 17.8 Å². The molecule has 2 aromatic carbocycles. The molecule has 0 aliphatic carbocycles. The highest BCUT2D eigenvalue weighted by Gasteiger charge is 2.23. The van der Waals surface area contributed by atoms with Crippen molar-refractivity contribution >= 4 is 52.1 Å². The van der Waals surface area contributed by atoms with Crippen molar-refractivity contribution in [2.75, 3.05) is 24.5 Å². The predicted molar refractivity (Wildman–Crippen MR) is 119 cm³/mol.